The van der Waals surface area contributed by atoms with E-state index in [0.717, 1.165) is 0 Å². The fraction of sp³-hybridized carbons (Fsp3) is 0.273. The van der Waals surface area contributed by atoms with Crippen molar-refractivity contribution in [3.05, 3.63) is 23.8 Å². The van der Waals surface area contributed by atoms with Gasteiger partial charge in [0.05, 0.1) is 24.4 Å². The van der Waals surface area contributed by atoms with Gasteiger partial charge in [-0.15, -0.1) is 0 Å². The summed E-state index contributed by atoms with van der Waals surface area (Å²) in [4.78, 5) is 11.3. The second kappa shape index (κ2) is 4.11. The summed E-state index contributed by atoms with van der Waals surface area (Å²) in [5.41, 5.74) is 1.14. The number of anilines is 1. The standard InChI is InChI=1S/C11H10N2O3/c1-15-11(14)7-2-3-9-10(4-7)16-6-8(5-12)13-9/h2-4,8,13H,6H2,1H3. The van der Waals surface area contributed by atoms with Gasteiger partial charge in [0.25, 0.3) is 0 Å². The minimum atomic E-state index is -0.409. The Hall–Kier alpha value is -2.22. The molecule has 82 valence electrons. The average molecular weight is 218 g/mol. The summed E-state index contributed by atoms with van der Waals surface area (Å²) in [5, 5.41) is 11.7. The first kappa shape index (κ1) is 10.3. The molecule has 1 N–H and O–H groups in total. The lowest BCUT2D eigenvalue weighted by Crippen LogP contribution is -2.29. The molecule has 0 aromatic heterocycles. The fourth-order valence-corrected chi connectivity index (χ4v) is 1.48. The van der Waals surface area contributed by atoms with E-state index in [9.17, 15) is 4.79 Å². The Kier molecular flexibility index (Phi) is 2.64. The summed E-state index contributed by atoms with van der Waals surface area (Å²) in [6.45, 7) is 0.272. The predicted molar refractivity (Wildman–Crippen MR) is 56.3 cm³/mol. The summed E-state index contributed by atoms with van der Waals surface area (Å²) in [6, 6.07) is 6.64. The fourth-order valence-electron chi connectivity index (χ4n) is 1.48. The zero-order chi connectivity index (χ0) is 11.5. The zero-order valence-electron chi connectivity index (χ0n) is 8.69. The number of hydrogen-bond donors (Lipinski definition) is 1. The number of carbonyl (C=O) groups is 1. The molecule has 0 radical (unpaired) electrons. The third-order valence-corrected chi connectivity index (χ3v) is 2.29. The van der Waals surface area contributed by atoms with Gasteiger partial charge < -0.3 is 14.8 Å². The van der Waals surface area contributed by atoms with E-state index in [4.69, 9.17) is 10.00 Å². The van der Waals surface area contributed by atoms with Crippen LogP contribution in [0.4, 0.5) is 5.69 Å². The van der Waals surface area contributed by atoms with Crippen molar-refractivity contribution >= 4 is 11.7 Å². The molecule has 5 nitrogen and oxygen atoms in total. The Balaban J connectivity index is 2.29. The molecule has 1 heterocycles. The van der Waals surface area contributed by atoms with Crippen molar-refractivity contribution in [2.75, 3.05) is 19.0 Å². The number of methoxy groups -OCH3 is 1. The number of hydrogen-bond acceptors (Lipinski definition) is 5. The third-order valence-electron chi connectivity index (χ3n) is 2.29. The van der Waals surface area contributed by atoms with Gasteiger partial charge >= 0.3 is 5.97 Å². The number of carbonyl (C=O) groups excluding carboxylic acids is 1. The van der Waals surface area contributed by atoms with Crippen LogP contribution in [0.5, 0.6) is 5.75 Å². The van der Waals surface area contributed by atoms with Crippen molar-refractivity contribution < 1.29 is 14.3 Å². The third kappa shape index (κ3) is 1.77. The lowest BCUT2D eigenvalue weighted by molar-refractivity contribution is 0.0600. The molecular formula is C11H10N2O3. The molecule has 2 rings (SSSR count). The summed E-state index contributed by atoms with van der Waals surface area (Å²) < 4.78 is 9.97. The van der Waals surface area contributed by atoms with E-state index in [1.165, 1.54) is 7.11 Å². The molecule has 0 spiro atoms. The highest BCUT2D eigenvalue weighted by molar-refractivity contribution is 5.90. The second-order valence-electron chi connectivity index (χ2n) is 3.34. The van der Waals surface area contributed by atoms with Crippen LogP contribution in [0.3, 0.4) is 0 Å². The van der Waals surface area contributed by atoms with E-state index < -0.39 is 5.97 Å². The minimum absolute atomic E-state index is 0.272. The highest BCUT2D eigenvalue weighted by Crippen LogP contribution is 2.29. The quantitative estimate of drug-likeness (QED) is 0.716. The van der Waals surface area contributed by atoms with Crippen molar-refractivity contribution in [2.45, 2.75) is 6.04 Å². The average Bonchev–Trinajstić information content (AvgIpc) is 2.36. The number of nitrogens with one attached hydrogen (secondary N) is 1. The number of nitriles is 1. The van der Waals surface area contributed by atoms with Gasteiger partial charge in [0.2, 0.25) is 0 Å². The summed E-state index contributed by atoms with van der Waals surface area (Å²) in [5.74, 6) is 0.156. The normalized spacial score (nSPS) is 17.4. The van der Waals surface area contributed by atoms with Gasteiger partial charge in [-0.3, -0.25) is 0 Å². The van der Waals surface area contributed by atoms with Crippen LogP contribution in [0, 0.1) is 11.3 Å². The van der Waals surface area contributed by atoms with Crippen molar-refractivity contribution in [3.63, 3.8) is 0 Å². The van der Waals surface area contributed by atoms with Gasteiger partial charge in [-0.1, -0.05) is 0 Å². The molecule has 5 heteroatoms. The van der Waals surface area contributed by atoms with Crippen molar-refractivity contribution in [1.29, 1.82) is 5.26 Å². The minimum Gasteiger partial charge on any atom is -0.488 e. The summed E-state index contributed by atoms with van der Waals surface area (Å²) in [7, 11) is 1.33. The molecule has 0 fully saturated rings. The maximum absolute atomic E-state index is 11.3. The van der Waals surface area contributed by atoms with Crippen LogP contribution in [0.2, 0.25) is 0 Å². The van der Waals surface area contributed by atoms with E-state index in [1.54, 1.807) is 18.2 Å². The maximum atomic E-state index is 11.3. The van der Waals surface area contributed by atoms with Gasteiger partial charge in [0.15, 0.2) is 0 Å². The summed E-state index contributed by atoms with van der Waals surface area (Å²) in [6.07, 6.45) is 0. The Morgan fingerprint density at radius 1 is 1.69 bits per heavy atom. The van der Waals surface area contributed by atoms with Gasteiger partial charge in [-0.05, 0) is 18.2 Å². The molecule has 0 aliphatic carbocycles. The molecule has 0 saturated heterocycles. The lowest BCUT2D eigenvalue weighted by Gasteiger charge is -2.23. The van der Waals surface area contributed by atoms with Crippen LogP contribution in [0.15, 0.2) is 18.2 Å². The molecule has 1 atom stereocenters. The molecule has 1 aromatic rings. The van der Waals surface area contributed by atoms with Crippen LogP contribution in [-0.4, -0.2) is 25.7 Å². The zero-order valence-corrected chi connectivity index (χ0v) is 8.69. The molecular weight excluding hydrogens is 208 g/mol. The van der Waals surface area contributed by atoms with E-state index in [0.29, 0.717) is 17.0 Å². The smallest absolute Gasteiger partial charge is 0.337 e. The van der Waals surface area contributed by atoms with Crippen LogP contribution >= 0.6 is 0 Å². The van der Waals surface area contributed by atoms with Crippen LogP contribution in [0.1, 0.15) is 10.4 Å². The Morgan fingerprint density at radius 3 is 3.19 bits per heavy atom. The van der Waals surface area contributed by atoms with Gasteiger partial charge in [0, 0.05) is 0 Å². The maximum Gasteiger partial charge on any atom is 0.337 e. The first-order valence-corrected chi connectivity index (χ1v) is 4.76. The molecule has 0 saturated carbocycles. The second-order valence-corrected chi connectivity index (χ2v) is 3.34. The number of esters is 1. The Bertz CT molecular complexity index is 465. The first-order valence-electron chi connectivity index (χ1n) is 4.76. The number of rotatable bonds is 1. The van der Waals surface area contributed by atoms with Gasteiger partial charge in [0.1, 0.15) is 18.4 Å². The Labute approximate surface area is 92.6 Å². The summed E-state index contributed by atoms with van der Waals surface area (Å²) >= 11 is 0. The highest BCUT2D eigenvalue weighted by atomic mass is 16.5. The first-order chi connectivity index (χ1) is 7.74. The van der Waals surface area contributed by atoms with Gasteiger partial charge in [-0.25, -0.2) is 4.79 Å². The van der Waals surface area contributed by atoms with Crippen LogP contribution in [-0.2, 0) is 4.74 Å². The van der Waals surface area contributed by atoms with Crippen molar-refractivity contribution in [2.24, 2.45) is 0 Å². The molecule has 16 heavy (non-hydrogen) atoms. The number of benzene rings is 1. The monoisotopic (exact) mass is 218 g/mol. The molecule has 0 amide bonds. The highest BCUT2D eigenvalue weighted by Gasteiger charge is 2.19. The van der Waals surface area contributed by atoms with E-state index in [-0.39, 0.29) is 12.6 Å². The number of fused-ring (bicyclic) bond motifs is 1. The molecule has 1 aliphatic heterocycles. The van der Waals surface area contributed by atoms with E-state index >= 15 is 0 Å². The molecule has 1 unspecified atom stereocenters. The van der Waals surface area contributed by atoms with E-state index in [1.807, 2.05) is 0 Å². The topological polar surface area (TPSA) is 71.3 Å². The number of ether oxygens (including phenoxy) is 2. The molecule has 0 bridgehead atoms. The van der Waals surface area contributed by atoms with Gasteiger partial charge in [-0.2, -0.15) is 5.26 Å². The largest absolute Gasteiger partial charge is 0.488 e. The van der Waals surface area contributed by atoms with Crippen molar-refractivity contribution in [3.8, 4) is 11.8 Å². The SMILES string of the molecule is COC(=O)c1ccc2c(c1)OCC(C#N)N2. The lowest BCUT2D eigenvalue weighted by atomic mass is 10.1. The molecule has 1 aromatic carbocycles. The van der Waals surface area contributed by atoms with E-state index in [2.05, 4.69) is 16.1 Å². The van der Waals surface area contributed by atoms with Crippen LogP contribution < -0.4 is 10.1 Å². The Morgan fingerprint density at radius 2 is 2.50 bits per heavy atom. The van der Waals surface area contributed by atoms with Crippen LogP contribution in [0.25, 0.3) is 0 Å². The number of nitrogens with zero attached hydrogens (tertiary/aromatic N) is 1. The predicted octanol–water partition coefficient (Wildman–Crippen LogP) is 1.17. The van der Waals surface area contributed by atoms with Crippen molar-refractivity contribution in [1.82, 2.24) is 0 Å². The molecule has 1 aliphatic rings.